The number of hydrogen-bond acceptors (Lipinski definition) is 4. The van der Waals surface area contributed by atoms with Crippen LogP contribution in [0.2, 0.25) is 0 Å². The van der Waals surface area contributed by atoms with E-state index in [0.29, 0.717) is 6.61 Å². The van der Waals surface area contributed by atoms with Crippen LogP contribution >= 0.6 is 0 Å². The first-order chi connectivity index (χ1) is 10.3. The van der Waals surface area contributed by atoms with Gasteiger partial charge >= 0.3 is 0 Å². The molecule has 1 N–H and O–H groups in total. The van der Waals surface area contributed by atoms with E-state index in [1.807, 2.05) is 19.1 Å². The molecule has 0 saturated heterocycles. The van der Waals surface area contributed by atoms with Gasteiger partial charge in [-0.25, -0.2) is 0 Å². The minimum absolute atomic E-state index is 0.650. The van der Waals surface area contributed by atoms with Gasteiger partial charge in [0.05, 0.1) is 13.7 Å². The maximum atomic E-state index is 5.60. The summed E-state index contributed by atoms with van der Waals surface area (Å²) in [6, 6.07) is 6.05. The van der Waals surface area contributed by atoms with Gasteiger partial charge < -0.3 is 19.7 Å². The summed E-state index contributed by atoms with van der Waals surface area (Å²) in [5, 5.41) is 3.49. The number of rotatable bonds is 11. The van der Waals surface area contributed by atoms with Crippen LogP contribution in [0.3, 0.4) is 0 Å². The zero-order valence-corrected chi connectivity index (χ0v) is 13.9. The molecule has 4 heteroatoms. The van der Waals surface area contributed by atoms with Crippen molar-refractivity contribution in [1.29, 1.82) is 0 Å². The third kappa shape index (κ3) is 5.94. The number of hydrogen-bond donors (Lipinski definition) is 1. The molecule has 0 atom stereocenters. The molecule has 1 rings (SSSR count). The number of methoxy groups -OCH3 is 1. The van der Waals surface area contributed by atoms with E-state index in [-0.39, 0.29) is 0 Å². The molecule has 0 heterocycles. The fourth-order valence-corrected chi connectivity index (χ4v) is 2.39. The molecular formula is C17H30N2O2. The van der Waals surface area contributed by atoms with E-state index in [4.69, 9.17) is 9.47 Å². The van der Waals surface area contributed by atoms with Crippen LogP contribution in [0.4, 0.5) is 0 Å². The Morgan fingerprint density at radius 3 is 2.52 bits per heavy atom. The Kier molecular flexibility index (Phi) is 8.87. The smallest absolute Gasteiger partial charge is 0.165 e. The topological polar surface area (TPSA) is 33.7 Å². The summed E-state index contributed by atoms with van der Waals surface area (Å²) >= 11 is 0. The van der Waals surface area contributed by atoms with E-state index >= 15 is 0 Å². The van der Waals surface area contributed by atoms with Gasteiger partial charge in [0.2, 0.25) is 0 Å². The van der Waals surface area contributed by atoms with Crippen molar-refractivity contribution in [3.05, 3.63) is 23.8 Å². The Bertz CT molecular complexity index is 392. The highest BCUT2D eigenvalue weighted by molar-refractivity contribution is 5.46. The van der Waals surface area contributed by atoms with Crippen LogP contribution in [-0.4, -0.2) is 44.8 Å². The lowest BCUT2D eigenvalue weighted by Crippen LogP contribution is -2.27. The van der Waals surface area contributed by atoms with Crippen LogP contribution < -0.4 is 14.8 Å². The average Bonchev–Trinajstić information content (AvgIpc) is 2.51. The van der Waals surface area contributed by atoms with Crippen molar-refractivity contribution < 1.29 is 9.47 Å². The fourth-order valence-electron chi connectivity index (χ4n) is 2.39. The summed E-state index contributed by atoms with van der Waals surface area (Å²) in [5.41, 5.74) is 1.14. The van der Waals surface area contributed by atoms with Gasteiger partial charge in [0.25, 0.3) is 0 Å². The fraction of sp³-hybridized carbons (Fsp3) is 0.647. The summed E-state index contributed by atoms with van der Waals surface area (Å²) in [4.78, 5) is 2.44. The van der Waals surface area contributed by atoms with Gasteiger partial charge in [-0.3, -0.25) is 0 Å². The number of benzene rings is 1. The largest absolute Gasteiger partial charge is 0.493 e. The second kappa shape index (κ2) is 10.5. The molecule has 0 aliphatic rings. The first-order valence-corrected chi connectivity index (χ1v) is 7.98. The zero-order valence-electron chi connectivity index (χ0n) is 13.9. The normalized spacial score (nSPS) is 10.9. The summed E-state index contributed by atoms with van der Waals surface area (Å²) in [6.07, 6.45) is 1.16. The predicted octanol–water partition coefficient (Wildman–Crippen LogP) is 2.92. The molecule has 0 unspecified atom stereocenters. The molecule has 120 valence electrons. The minimum atomic E-state index is 0.650. The van der Waals surface area contributed by atoms with Crippen LogP contribution in [0.15, 0.2) is 18.2 Å². The molecule has 0 aliphatic heterocycles. The molecule has 0 aromatic heterocycles. The van der Waals surface area contributed by atoms with Crippen molar-refractivity contribution in [3.8, 4) is 11.5 Å². The number of ether oxygens (including phenoxy) is 2. The molecule has 4 nitrogen and oxygen atoms in total. The molecule has 0 amide bonds. The molecule has 0 fully saturated rings. The molecular weight excluding hydrogens is 264 g/mol. The lowest BCUT2D eigenvalue weighted by atomic mass is 10.2. The van der Waals surface area contributed by atoms with Gasteiger partial charge in [-0.1, -0.05) is 26.0 Å². The molecule has 0 saturated carbocycles. The van der Waals surface area contributed by atoms with Crippen LogP contribution in [0.5, 0.6) is 11.5 Å². The average molecular weight is 294 g/mol. The van der Waals surface area contributed by atoms with Gasteiger partial charge in [-0.15, -0.1) is 0 Å². The van der Waals surface area contributed by atoms with Crippen molar-refractivity contribution >= 4 is 0 Å². The third-order valence-electron chi connectivity index (χ3n) is 3.60. The molecule has 0 aliphatic carbocycles. The van der Waals surface area contributed by atoms with Crippen LogP contribution in [0.25, 0.3) is 0 Å². The Hall–Kier alpha value is -1.26. The van der Waals surface area contributed by atoms with Gasteiger partial charge in [-0.2, -0.15) is 0 Å². The molecule has 21 heavy (non-hydrogen) atoms. The zero-order chi connectivity index (χ0) is 15.5. The Morgan fingerprint density at radius 2 is 1.90 bits per heavy atom. The van der Waals surface area contributed by atoms with Crippen molar-refractivity contribution in [2.45, 2.75) is 33.7 Å². The minimum Gasteiger partial charge on any atom is -0.493 e. The highest BCUT2D eigenvalue weighted by Gasteiger charge is 2.09. The maximum Gasteiger partial charge on any atom is 0.165 e. The maximum absolute atomic E-state index is 5.60. The van der Waals surface area contributed by atoms with E-state index in [2.05, 4.69) is 30.1 Å². The van der Waals surface area contributed by atoms with Crippen molar-refractivity contribution in [2.75, 3.05) is 39.9 Å². The highest BCUT2D eigenvalue weighted by atomic mass is 16.5. The Morgan fingerprint density at radius 1 is 1.14 bits per heavy atom. The summed E-state index contributed by atoms with van der Waals surface area (Å²) in [6.45, 7) is 12.3. The van der Waals surface area contributed by atoms with E-state index in [9.17, 15) is 0 Å². The van der Waals surface area contributed by atoms with Gasteiger partial charge in [0.1, 0.15) is 0 Å². The van der Waals surface area contributed by atoms with Crippen molar-refractivity contribution in [1.82, 2.24) is 10.2 Å². The van der Waals surface area contributed by atoms with Crippen molar-refractivity contribution in [2.24, 2.45) is 0 Å². The number of nitrogens with one attached hydrogen (secondary N) is 1. The van der Waals surface area contributed by atoms with Crippen LogP contribution in [0.1, 0.15) is 32.8 Å². The molecule has 0 spiro atoms. The molecule has 0 bridgehead atoms. The lowest BCUT2D eigenvalue weighted by molar-refractivity contribution is 0.297. The second-order valence-electron chi connectivity index (χ2n) is 4.94. The van der Waals surface area contributed by atoms with Gasteiger partial charge in [0.15, 0.2) is 11.5 Å². The quantitative estimate of drug-likeness (QED) is 0.636. The monoisotopic (exact) mass is 294 g/mol. The second-order valence-corrected chi connectivity index (χ2v) is 4.94. The highest BCUT2D eigenvalue weighted by Crippen LogP contribution is 2.30. The standard InChI is InChI=1S/C17H30N2O2/c1-5-19(6-2)13-9-12-18-14-15-10-8-11-16(21-7-3)17(15)20-4/h8,10-11,18H,5-7,9,12-14H2,1-4H3. The van der Waals surface area contributed by atoms with E-state index in [1.54, 1.807) is 7.11 Å². The van der Waals surface area contributed by atoms with Crippen LogP contribution in [-0.2, 0) is 6.54 Å². The predicted molar refractivity (Wildman–Crippen MR) is 88.3 cm³/mol. The van der Waals surface area contributed by atoms with E-state index < -0.39 is 0 Å². The Balaban J connectivity index is 2.43. The van der Waals surface area contributed by atoms with E-state index in [0.717, 1.165) is 56.2 Å². The number of para-hydroxylation sites is 1. The lowest BCUT2D eigenvalue weighted by Gasteiger charge is -2.18. The molecule has 0 radical (unpaired) electrons. The summed E-state index contributed by atoms with van der Waals surface area (Å²) in [5.74, 6) is 1.66. The van der Waals surface area contributed by atoms with Gasteiger partial charge in [-0.05, 0) is 45.6 Å². The van der Waals surface area contributed by atoms with Crippen LogP contribution in [0, 0.1) is 0 Å². The third-order valence-corrected chi connectivity index (χ3v) is 3.60. The molecule has 1 aromatic rings. The summed E-state index contributed by atoms with van der Waals surface area (Å²) in [7, 11) is 1.70. The first kappa shape index (κ1) is 17.8. The summed E-state index contributed by atoms with van der Waals surface area (Å²) < 4.78 is 11.1. The number of nitrogens with zero attached hydrogens (tertiary/aromatic N) is 1. The SMILES string of the molecule is CCOc1cccc(CNCCCN(CC)CC)c1OC. The first-order valence-electron chi connectivity index (χ1n) is 7.98. The van der Waals surface area contributed by atoms with Gasteiger partial charge in [0, 0.05) is 12.1 Å². The Labute approximate surface area is 129 Å². The van der Waals surface area contributed by atoms with E-state index in [1.165, 1.54) is 0 Å². The van der Waals surface area contributed by atoms with Crippen molar-refractivity contribution in [3.63, 3.8) is 0 Å². The molecule has 1 aromatic carbocycles.